The van der Waals surface area contributed by atoms with Crippen LogP contribution in [0.2, 0.25) is 0 Å². The molecular weight excluding hydrogens is 532 g/mol. The normalized spacial score (nSPS) is 16.6. The number of nitro benzene ring substituents is 1. The van der Waals surface area contributed by atoms with Crippen molar-refractivity contribution in [1.29, 1.82) is 0 Å². The maximum atomic E-state index is 13.4. The topological polar surface area (TPSA) is 180 Å². The van der Waals surface area contributed by atoms with Crippen molar-refractivity contribution in [2.24, 2.45) is 0 Å². The number of nitrogens with zero attached hydrogens (tertiary/aromatic N) is 2. The highest BCUT2D eigenvalue weighted by Gasteiger charge is 2.38. The van der Waals surface area contributed by atoms with Crippen LogP contribution in [0.25, 0.3) is 0 Å². The third-order valence-corrected chi connectivity index (χ3v) is 6.64. The Morgan fingerprint density at radius 3 is 2.20 bits per heavy atom. The molecule has 5 amide bonds. The van der Waals surface area contributed by atoms with E-state index in [0.29, 0.717) is 25.1 Å². The van der Waals surface area contributed by atoms with Crippen molar-refractivity contribution in [2.75, 3.05) is 11.9 Å². The van der Waals surface area contributed by atoms with Crippen LogP contribution >= 0.6 is 0 Å². The van der Waals surface area contributed by atoms with Gasteiger partial charge in [0.1, 0.15) is 24.2 Å². The summed E-state index contributed by atoms with van der Waals surface area (Å²) in [4.78, 5) is 75.2. The molecule has 4 N–H and O–H groups in total. The monoisotopic (exact) mass is 566 g/mol. The van der Waals surface area contributed by atoms with Crippen LogP contribution in [0.3, 0.4) is 0 Å². The van der Waals surface area contributed by atoms with Gasteiger partial charge in [-0.25, -0.2) is 0 Å². The highest BCUT2D eigenvalue weighted by atomic mass is 16.6. The van der Waals surface area contributed by atoms with E-state index < -0.39 is 52.7 Å². The SMILES string of the molecule is CC(=O)N[C@@H](C)C(=O)N[C@@H](C)C(=O)N1CCC[C@H]1C(=O)N[C@@H](Cc1ccccc1)C(=O)Nc1ccc([N+](=O)[O-])cc1. The van der Waals surface area contributed by atoms with Gasteiger partial charge in [-0.15, -0.1) is 0 Å². The Kier molecular flexibility index (Phi) is 10.5. The Morgan fingerprint density at radius 1 is 0.927 bits per heavy atom. The second-order valence-electron chi connectivity index (χ2n) is 9.89. The van der Waals surface area contributed by atoms with Crippen LogP contribution in [-0.4, -0.2) is 70.1 Å². The molecule has 0 saturated carbocycles. The first kappa shape index (κ1) is 30.7. The molecule has 13 nitrogen and oxygen atoms in total. The molecule has 1 aliphatic heterocycles. The first-order valence-corrected chi connectivity index (χ1v) is 13.2. The summed E-state index contributed by atoms with van der Waals surface area (Å²) in [6.07, 6.45) is 1.10. The molecule has 1 saturated heterocycles. The van der Waals surface area contributed by atoms with Gasteiger partial charge in [0.05, 0.1) is 4.92 Å². The van der Waals surface area contributed by atoms with Crippen molar-refractivity contribution < 1.29 is 28.9 Å². The zero-order valence-electron chi connectivity index (χ0n) is 23.1. The van der Waals surface area contributed by atoms with Gasteiger partial charge < -0.3 is 26.2 Å². The lowest BCUT2D eigenvalue weighted by atomic mass is 10.0. The summed E-state index contributed by atoms with van der Waals surface area (Å²) in [7, 11) is 0. The van der Waals surface area contributed by atoms with Gasteiger partial charge in [-0.1, -0.05) is 30.3 Å². The molecule has 4 atom stereocenters. The van der Waals surface area contributed by atoms with Gasteiger partial charge in [0.15, 0.2) is 0 Å². The van der Waals surface area contributed by atoms with E-state index in [2.05, 4.69) is 21.3 Å². The molecule has 1 fully saturated rings. The predicted molar refractivity (Wildman–Crippen MR) is 149 cm³/mol. The first-order valence-electron chi connectivity index (χ1n) is 13.2. The number of anilines is 1. The number of nitrogens with one attached hydrogen (secondary N) is 4. The summed E-state index contributed by atoms with van der Waals surface area (Å²) in [5.74, 6) is -2.42. The zero-order valence-corrected chi connectivity index (χ0v) is 23.1. The van der Waals surface area contributed by atoms with E-state index in [1.807, 2.05) is 30.3 Å². The molecule has 218 valence electrons. The standard InChI is InChI=1S/C28H34N6O7/c1-17(29-19(3)35)25(36)30-18(2)28(39)33-15-7-10-24(33)27(38)32-23(16-20-8-5-4-6-9-20)26(37)31-21-11-13-22(14-12-21)34(40)41/h4-6,8-9,11-14,17-18,23-24H,7,10,15-16H2,1-3H3,(H,29,35)(H,30,36)(H,31,37)(H,32,38)/t17-,18-,23-,24-/m0/s1. The number of hydrogen-bond acceptors (Lipinski definition) is 7. The Labute approximate surface area is 237 Å². The summed E-state index contributed by atoms with van der Waals surface area (Å²) in [5, 5.41) is 21.4. The summed E-state index contributed by atoms with van der Waals surface area (Å²) in [6, 6.07) is 10.8. The van der Waals surface area contributed by atoms with E-state index in [1.165, 1.54) is 49.9 Å². The third kappa shape index (κ3) is 8.59. The van der Waals surface area contributed by atoms with E-state index in [0.717, 1.165) is 5.56 Å². The van der Waals surface area contributed by atoms with Crippen LogP contribution in [-0.2, 0) is 30.4 Å². The lowest BCUT2D eigenvalue weighted by molar-refractivity contribution is -0.384. The number of nitro groups is 1. The Bertz CT molecular complexity index is 1280. The van der Waals surface area contributed by atoms with Crippen molar-refractivity contribution in [2.45, 2.75) is 64.2 Å². The molecule has 41 heavy (non-hydrogen) atoms. The van der Waals surface area contributed by atoms with Crippen molar-refractivity contribution in [3.05, 3.63) is 70.3 Å². The smallest absolute Gasteiger partial charge is 0.269 e. The van der Waals surface area contributed by atoms with Crippen molar-refractivity contribution in [3.8, 4) is 0 Å². The van der Waals surface area contributed by atoms with Crippen LogP contribution < -0.4 is 21.3 Å². The fourth-order valence-corrected chi connectivity index (χ4v) is 4.55. The van der Waals surface area contributed by atoms with Crippen LogP contribution in [0.15, 0.2) is 54.6 Å². The summed E-state index contributed by atoms with van der Waals surface area (Å²) < 4.78 is 0. The molecule has 2 aromatic rings. The fraction of sp³-hybridized carbons (Fsp3) is 0.393. The Hall–Kier alpha value is -4.81. The lowest BCUT2D eigenvalue weighted by Gasteiger charge is -2.29. The third-order valence-electron chi connectivity index (χ3n) is 6.64. The first-order chi connectivity index (χ1) is 19.5. The maximum Gasteiger partial charge on any atom is 0.269 e. The number of non-ortho nitro benzene ring substituents is 1. The molecule has 13 heteroatoms. The number of benzene rings is 2. The van der Waals surface area contributed by atoms with E-state index in [1.54, 1.807) is 0 Å². The second kappa shape index (κ2) is 14.0. The molecule has 0 aliphatic carbocycles. The van der Waals surface area contributed by atoms with Crippen molar-refractivity contribution in [3.63, 3.8) is 0 Å². The number of hydrogen-bond donors (Lipinski definition) is 4. The average molecular weight is 567 g/mol. The number of carbonyl (C=O) groups excluding carboxylic acids is 5. The van der Waals surface area contributed by atoms with Crippen LogP contribution in [0.1, 0.15) is 39.2 Å². The van der Waals surface area contributed by atoms with Crippen LogP contribution in [0.5, 0.6) is 0 Å². The summed E-state index contributed by atoms with van der Waals surface area (Å²) in [5.41, 5.74) is 0.988. The predicted octanol–water partition coefficient (Wildman–Crippen LogP) is 1.28. The van der Waals surface area contributed by atoms with Gasteiger partial charge >= 0.3 is 0 Å². The molecule has 0 spiro atoms. The minimum absolute atomic E-state index is 0.127. The average Bonchev–Trinajstić information content (AvgIpc) is 3.43. The molecule has 1 heterocycles. The Balaban J connectivity index is 1.71. The van der Waals surface area contributed by atoms with E-state index in [9.17, 15) is 34.1 Å². The van der Waals surface area contributed by atoms with Crippen molar-refractivity contribution in [1.82, 2.24) is 20.9 Å². The molecule has 3 rings (SSSR count). The Morgan fingerprint density at radius 2 is 1.59 bits per heavy atom. The maximum absolute atomic E-state index is 13.4. The number of rotatable bonds is 11. The zero-order chi connectivity index (χ0) is 30.1. The number of likely N-dealkylation sites (tertiary alicyclic amines) is 1. The quantitative estimate of drug-likeness (QED) is 0.234. The van der Waals surface area contributed by atoms with Gasteiger partial charge in [-0.05, 0) is 44.4 Å². The van der Waals surface area contributed by atoms with Gasteiger partial charge in [0.2, 0.25) is 29.5 Å². The number of amides is 5. The van der Waals surface area contributed by atoms with Crippen LogP contribution in [0, 0.1) is 10.1 Å². The number of carbonyl (C=O) groups is 5. The molecule has 0 bridgehead atoms. The highest BCUT2D eigenvalue weighted by Crippen LogP contribution is 2.20. The highest BCUT2D eigenvalue weighted by molar-refractivity contribution is 5.99. The van der Waals surface area contributed by atoms with Gasteiger partial charge in [0, 0.05) is 37.7 Å². The lowest BCUT2D eigenvalue weighted by Crippen LogP contribution is -2.56. The summed E-state index contributed by atoms with van der Waals surface area (Å²) >= 11 is 0. The molecule has 0 aromatic heterocycles. The molecule has 0 unspecified atom stereocenters. The van der Waals surface area contributed by atoms with E-state index in [-0.39, 0.29) is 18.0 Å². The van der Waals surface area contributed by atoms with Crippen LogP contribution in [0.4, 0.5) is 11.4 Å². The molecule has 2 aromatic carbocycles. The van der Waals surface area contributed by atoms with Crippen molar-refractivity contribution >= 4 is 40.9 Å². The molecule has 1 aliphatic rings. The fourth-order valence-electron chi connectivity index (χ4n) is 4.55. The minimum atomic E-state index is -1.01. The van der Waals surface area contributed by atoms with Gasteiger partial charge in [-0.2, -0.15) is 0 Å². The van der Waals surface area contributed by atoms with Gasteiger partial charge in [-0.3, -0.25) is 34.1 Å². The largest absolute Gasteiger partial charge is 0.345 e. The molecule has 0 radical (unpaired) electrons. The summed E-state index contributed by atoms with van der Waals surface area (Å²) in [6.45, 7) is 4.58. The minimum Gasteiger partial charge on any atom is -0.345 e. The van der Waals surface area contributed by atoms with E-state index >= 15 is 0 Å². The molecular formula is C28H34N6O7. The van der Waals surface area contributed by atoms with Gasteiger partial charge in [0.25, 0.3) is 5.69 Å². The second-order valence-corrected chi connectivity index (χ2v) is 9.89. The van der Waals surface area contributed by atoms with E-state index in [4.69, 9.17) is 0 Å².